The van der Waals surface area contributed by atoms with Gasteiger partial charge in [0.15, 0.2) is 0 Å². The number of fused-ring (bicyclic) bond motifs is 1. The number of nitrogens with zero attached hydrogens (tertiary/aromatic N) is 1. The average molecular weight is 308 g/mol. The molecule has 1 saturated heterocycles. The molecule has 1 atom stereocenters. The first-order chi connectivity index (χ1) is 8.65. The molecule has 96 valence electrons. The van der Waals surface area contributed by atoms with Crippen LogP contribution in [-0.4, -0.2) is 36.6 Å². The summed E-state index contributed by atoms with van der Waals surface area (Å²) in [6, 6.07) is 6.90. The quantitative estimate of drug-likeness (QED) is 0.849. The lowest BCUT2D eigenvalue weighted by molar-refractivity contribution is 0.241. The van der Waals surface area contributed by atoms with E-state index in [0.29, 0.717) is 6.04 Å². The molecule has 2 N–H and O–H groups in total. The summed E-state index contributed by atoms with van der Waals surface area (Å²) in [6.07, 6.45) is 0. The van der Waals surface area contributed by atoms with Crippen LogP contribution >= 0.6 is 15.9 Å². The minimum Gasteiger partial charge on any atom is -0.358 e. The Kier molecular flexibility index (Phi) is 3.18. The summed E-state index contributed by atoms with van der Waals surface area (Å²) in [4.78, 5) is 5.88. The molecule has 0 aliphatic carbocycles. The predicted molar refractivity (Wildman–Crippen MR) is 79.0 cm³/mol. The van der Waals surface area contributed by atoms with E-state index in [1.165, 1.54) is 22.2 Å². The molecule has 18 heavy (non-hydrogen) atoms. The lowest BCUT2D eigenvalue weighted by Crippen LogP contribution is -2.43. The Balaban J connectivity index is 2.07. The monoisotopic (exact) mass is 307 g/mol. The normalized spacial score (nSPS) is 21.6. The highest BCUT2D eigenvalue weighted by atomic mass is 79.9. The van der Waals surface area contributed by atoms with Crippen molar-refractivity contribution in [1.82, 2.24) is 15.2 Å². The highest BCUT2D eigenvalue weighted by Crippen LogP contribution is 2.30. The number of aryl methyl sites for hydroxylation is 1. The van der Waals surface area contributed by atoms with Gasteiger partial charge in [-0.2, -0.15) is 0 Å². The topological polar surface area (TPSA) is 31.1 Å². The molecule has 1 unspecified atom stereocenters. The fraction of sp³-hybridized carbons (Fsp3) is 0.429. The summed E-state index contributed by atoms with van der Waals surface area (Å²) >= 11 is 3.53. The fourth-order valence-corrected chi connectivity index (χ4v) is 3.23. The summed E-state index contributed by atoms with van der Waals surface area (Å²) in [5, 5.41) is 4.96. The number of piperazine rings is 1. The zero-order chi connectivity index (χ0) is 12.7. The lowest BCUT2D eigenvalue weighted by atomic mass is 10.0. The van der Waals surface area contributed by atoms with Crippen molar-refractivity contribution in [1.29, 1.82) is 0 Å². The molecule has 1 aliphatic rings. The summed E-state index contributed by atoms with van der Waals surface area (Å²) in [5.41, 5.74) is 3.91. The average Bonchev–Trinajstić information content (AvgIpc) is 2.64. The molecule has 1 aliphatic heterocycles. The number of benzene rings is 1. The van der Waals surface area contributed by atoms with Gasteiger partial charge < -0.3 is 15.2 Å². The molecule has 2 aromatic rings. The van der Waals surface area contributed by atoms with Crippen LogP contribution in [-0.2, 0) is 0 Å². The molecule has 2 heterocycles. The van der Waals surface area contributed by atoms with Crippen LogP contribution in [0.25, 0.3) is 10.9 Å². The standard InChI is InChI=1S/C14H18BrN3/c1-9-14(13-8-18(2)6-5-16-13)11-4-3-10(15)7-12(11)17-9/h3-4,7,13,16-17H,5-6,8H2,1-2H3. The Hall–Kier alpha value is -0.840. The molecule has 1 fully saturated rings. The molecule has 4 heteroatoms. The number of hydrogen-bond acceptors (Lipinski definition) is 2. The molecule has 0 amide bonds. The van der Waals surface area contributed by atoms with Gasteiger partial charge >= 0.3 is 0 Å². The van der Waals surface area contributed by atoms with E-state index in [-0.39, 0.29) is 0 Å². The number of likely N-dealkylation sites (N-methyl/N-ethyl adjacent to an activating group) is 1. The molecule has 3 rings (SSSR count). The van der Waals surface area contributed by atoms with Crippen molar-refractivity contribution in [2.24, 2.45) is 0 Å². The maximum Gasteiger partial charge on any atom is 0.0473 e. The highest BCUT2D eigenvalue weighted by Gasteiger charge is 2.22. The van der Waals surface area contributed by atoms with Crippen LogP contribution in [0, 0.1) is 6.92 Å². The van der Waals surface area contributed by atoms with E-state index < -0.39 is 0 Å². The van der Waals surface area contributed by atoms with E-state index in [1.54, 1.807) is 0 Å². The Morgan fingerprint density at radius 2 is 2.22 bits per heavy atom. The first-order valence-corrected chi connectivity index (χ1v) is 7.14. The van der Waals surface area contributed by atoms with Gasteiger partial charge in [-0.05, 0) is 31.7 Å². The minimum atomic E-state index is 0.429. The van der Waals surface area contributed by atoms with E-state index in [1.807, 2.05) is 0 Å². The van der Waals surface area contributed by atoms with Crippen molar-refractivity contribution in [2.75, 3.05) is 26.7 Å². The number of H-pyrrole nitrogens is 1. The van der Waals surface area contributed by atoms with Crippen LogP contribution in [0.3, 0.4) is 0 Å². The third kappa shape index (κ3) is 2.09. The van der Waals surface area contributed by atoms with Crippen LogP contribution < -0.4 is 5.32 Å². The van der Waals surface area contributed by atoms with E-state index in [2.05, 4.69) is 63.3 Å². The Bertz CT molecular complexity index is 576. The van der Waals surface area contributed by atoms with Crippen molar-refractivity contribution in [3.05, 3.63) is 33.9 Å². The third-order valence-electron chi connectivity index (χ3n) is 3.72. The van der Waals surface area contributed by atoms with Gasteiger partial charge in [-0.25, -0.2) is 0 Å². The second kappa shape index (κ2) is 4.68. The summed E-state index contributed by atoms with van der Waals surface area (Å²) in [6.45, 7) is 5.43. The number of hydrogen-bond donors (Lipinski definition) is 2. The van der Waals surface area contributed by atoms with Gasteiger partial charge in [-0.3, -0.25) is 0 Å². The van der Waals surface area contributed by atoms with Crippen LogP contribution in [0.5, 0.6) is 0 Å². The number of nitrogens with one attached hydrogen (secondary N) is 2. The lowest BCUT2D eigenvalue weighted by Gasteiger charge is -2.31. The summed E-state index contributed by atoms with van der Waals surface area (Å²) in [7, 11) is 2.19. The SMILES string of the molecule is Cc1[nH]c2cc(Br)ccc2c1C1CN(C)CCN1. The van der Waals surface area contributed by atoms with Gasteiger partial charge in [0.25, 0.3) is 0 Å². The van der Waals surface area contributed by atoms with Crippen LogP contribution in [0.15, 0.2) is 22.7 Å². The van der Waals surface area contributed by atoms with E-state index in [0.717, 1.165) is 24.1 Å². The second-order valence-corrected chi connectivity index (χ2v) is 6.04. The molecule has 0 spiro atoms. The number of aromatic nitrogens is 1. The molecule has 1 aromatic carbocycles. The van der Waals surface area contributed by atoms with Crippen molar-refractivity contribution in [3.63, 3.8) is 0 Å². The molecule has 0 saturated carbocycles. The van der Waals surface area contributed by atoms with Gasteiger partial charge in [-0.15, -0.1) is 0 Å². The summed E-state index contributed by atoms with van der Waals surface area (Å²) in [5.74, 6) is 0. The zero-order valence-corrected chi connectivity index (χ0v) is 12.3. The molecular formula is C14H18BrN3. The minimum absolute atomic E-state index is 0.429. The third-order valence-corrected chi connectivity index (χ3v) is 4.22. The molecular weight excluding hydrogens is 290 g/mol. The van der Waals surface area contributed by atoms with Crippen molar-refractivity contribution >= 4 is 26.8 Å². The molecule has 1 aromatic heterocycles. The smallest absolute Gasteiger partial charge is 0.0473 e. The zero-order valence-electron chi connectivity index (χ0n) is 10.8. The fourth-order valence-electron chi connectivity index (χ4n) is 2.87. The molecule has 0 bridgehead atoms. The molecule has 3 nitrogen and oxygen atoms in total. The number of rotatable bonds is 1. The van der Waals surface area contributed by atoms with Crippen LogP contribution in [0.2, 0.25) is 0 Å². The van der Waals surface area contributed by atoms with Crippen molar-refractivity contribution in [3.8, 4) is 0 Å². The van der Waals surface area contributed by atoms with Gasteiger partial charge in [-0.1, -0.05) is 22.0 Å². The number of aromatic amines is 1. The predicted octanol–water partition coefficient (Wildman–Crippen LogP) is 2.81. The van der Waals surface area contributed by atoms with Gasteiger partial charge in [0.1, 0.15) is 0 Å². The maximum atomic E-state index is 3.63. The van der Waals surface area contributed by atoms with Gasteiger partial charge in [0, 0.05) is 46.7 Å². The molecule has 0 radical (unpaired) electrons. The van der Waals surface area contributed by atoms with E-state index in [4.69, 9.17) is 0 Å². The Morgan fingerprint density at radius 1 is 1.39 bits per heavy atom. The van der Waals surface area contributed by atoms with Gasteiger partial charge in [0.2, 0.25) is 0 Å². The first-order valence-electron chi connectivity index (χ1n) is 6.35. The number of halogens is 1. The van der Waals surface area contributed by atoms with E-state index in [9.17, 15) is 0 Å². The maximum absolute atomic E-state index is 3.63. The van der Waals surface area contributed by atoms with Crippen molar-refractivity contribution in [2.45, 2.75) is 13.0 Å². The largest absolute Gasteiger partial charge is 0.358 e. The van der Waals surface area contributed by atoms with E-state index >= 15 is 0 Å². The van der Waals surface area contributed by atoms with Crippen LogP contribution in [0.1, 0.15) is 17.3 Å². The Morgan fingerprint density at radius 3 is 3.00 bits per heavy atom. The summed E-state index contributed by atoms with van der Waals surface area (Å²) < 4.78 is 1.12. The second-order valence-electron chi connectivity index (χ2n) is 5.12. The first kappa shape index (κ1) is 12.2. The highest BCUT2D eigenvalue weighted by molar-refractivity contribution is 9.10. The Labute approximate surface area is 116 Å². The van der Waals surface area contributed by atoms with Gasteiger partial charge in [0.05, 0.1) is 0 Å². The van der Waals surface area contributed by atoms with Crippen LogP contribution in [0.4, 0.5) is 0 Å². The van der Waals surface area contributed by atoms with Crippen molar-refractivity contribution < 1.29 is 0 Å².